The highest BCUT2D eigenvalue weighted by Gasteiger charge is 2.30. The van der Waals surface area contributed by atoms with E-state index in [1.807, 2.05) is 13.0 Å². The lowest BCUT2D eigenvalue weighted by Crippen LogP contribution is -2.24. The first kappa shape index (κ1) is 22.3. The van der Waals surface area contributed by atoms with Gasteiger partial charge in [0, 0.05) is 19.0 Å². The number of carbonyl (C=O) groups is 1. The van der Waals surface area contributed by atoms with Crippen LogP contribution < -0.4 is 10.9 Å². The Morgan fingerprint density at radius 2 is 1.85 bits per heavy atom. The van der Waals surface area contributed by atoms with E-state index in [0.29, 0.717) is 16.6 Å². The summed E-state index contributed by atoms with van der Waals surface area (Å²) in [6.45, 7) is 3.63. The Kier molecular flexibility index (Phi) is 5.75. The fourth-order valence-electron chi connectivity index (χ4n) is 3.52. The average Bonchev–Trinajstić information content (AvgIpc) is 3.13. The zero-order valence-electron chi connectivity index (χ0n) is 17.8. The number of hydrogen-bond donors (Lipinski definition) is 1. The second-order valence-corrected chi connectivity index (χ2v) is 7.64. The number of amides is 1. The monoisotopic (exact) mass is 455 g/mol. The van der Waals surface area contributed by atoms with Gasteiger partial charge in [0.2, 0.25) is 5.91 Å². The first-order valence-electron chi connectivity index (χ1n) is 10.1. The van der Waals surface area contributed by atoms with Crippen molar-refractivity contribution in [1.82, 2.24) is 19.3 Å². The topological polar surface area (TPSA) is 81.8 Å². The van der Waals surface area contributed by atoms with Gasteiger partial charge in [-0.15, -0.1) is 0 Å². The summed E-state index contributed by atoms with van der Waals surface area (Å²) in [7, 11) is 0. The number of carbonyl (C=O) groups excluding carboxylic acids is 1. The Balaban J connectivity index is 1.52. The van der Waals surface area contributed by atoms with Gasteiger partial charge in [0.25, 0.3) is 5.56 Å². The van der Waals surface area contributed by atoms with Gasteiger partial charge in [0.05, 0.1) is 34.2 Å². The maximum absolute atomic E-state index is 13.1. The van der Waals surface area contributed by atoms with E-state index in [-0.39, 0.29) is 30.0 Å². The van der Waals surface area contributed by atoms with E-state index < -0.39 is 17.6 Å². The zero-order chi connectivity index (χ0) is 23.8. The fourth-order valence-corrected chi connectivity index (χ4v) is 3.52. The lowest BCUT2D eigenvalue weighted by atomic mass is 10.1. The van der Waals surface area contributed by atoms with Crippen molar-refractivity contribution in [2.24, 2.45) is 0 Å². The smallest absolute Gasteiger partial charge is 0.311 e. The third-order valence-electron chi connectivity index (χ3n) is 5.15. The van der Waals surface area contributed by atoms with E-state index in [1.54, 1.807) is 25.1 Å². The molecule has 0 fully saturated rings. The largest absolute Gasteiger partial charge is 0.416 e. The minimum atomic E-state index is -4.50. The molecule has 0 saturated heterocycles. The van der Waals surface area contributed by atoms with E-state index in [0.717, 1.165) is 17.7 Å². The number of para-hydroxylation sites is 1. The Labute approximate surface area is 186 Å². The van der Waals surface area contributed by atoms with Crippen molar-refractivity contribution in [2.75, 3.05) is 5.32 Å². The molecular formula is C23H20F3N5O2. The van der Waals surface area contributed by atoms with Crippen LogP contribution in [0.3, 0.4) is 0 Å². The number of anilines is 1. The maximum Gasteiger partial charge on any atom is 0.416 e. The number of halogens is 3. The molecule has 170 valence electrons. The lowest BCUT2D eigenvalue weighted by Gasteiger charge is -2.12. The molecule has 10 heteroatoms. The van der Waals surface area contributed by atoms with Gasteiger partial charge in [-0.2, -0.15) is 18.3 Å². The summed E-state index contributed by atoms with van der Waals surface area (Å²) in [6, 6.07) is 11.6. The molecule has 7 nitrogen and oxygen atoms in total. The van der Waals surface area contributed by atoms with Crippen molar-refractivity contribution < 1.29 is 18.0 Å². The predicted octanol–water partition coefficient (Wildman–Crippen LogP) is 4.25. The highest BCUT2D eigenvalue weighted by atomic mass is 19.4. The Morgan fingerprint density at radius 1 is 1.09 bits per heavy atom. The van der Waals surface area contributed by atoms with Gasteiger partial charge in [0.1, 0.15) is 5.82 Å². The lowest BCUT2D eigenvalue weighted by molar-refractivity contribution is -0.137. The highest BCUT2D eigenvalue weighted by molar-refractivity contribution is 5.90. The number of nitrogens with one attached hydrogen (secondary N) is 1. The van der Waals surface area contributed by atoms with Crippen molar-refractivity contribution in [2.45, 2.75) is 33.0 Å². The van der Waals surface area contributed by atoms with Gasteiger partial charge in [-0.3, -0.25) is 14.2 Å². The van der Waals surface area contributed by atoms with Crippen molar-refractivity contribution in [3.8, 4) is 5.69 Å². The summed E-state index contributed by atoms with van der Waals surface area (Å²) >= 11 is 0. The molecule has 0 aliphatic heterocycles. The molecule has 2 aromatic heterocycles. The van der Waals surface area contributed by atoms with Gasteiger partial charge >= 0.3 is 6.18 Å². The van der Waals surface area contributed by atoms with E-state index in [9.17, 15) is 22.8 Å². The SMILES string of the molecule is Cc1cc(NC(=O)CCn2cnc3c(C)cccc3c2=O)n(-c2cccc(C(F)(F)F)c2)n1. The predicted molar refractivity (Wildman–Crippen MR) is 117 cm³/mol. The molecule has 2 aromatic carbocycles. The van der Waals surface area contributed by atoms with E-state index in [1.165, 1.54) is 27.7 Å². The zero-order valence-corrected chi connectivity index (χ0v) is 17.8. The molecule has 0 atom stereocenters. The molecule has 0 bridgehead atoms. The van der Waals surface area contributed by atoms with Gasteiger partial charge in [-0.05, 0) is 43.7 Å². The number of hydrogen-bond acceptors (Lipinski definition) is 4. The first-order chi connectivity index (χ1) is 15.6. The Morgan fingerprint density at radius 3 is 2.61 bits per heavy atom. The molecule has 4 rings (SSSR count). The summed E-state index contributed by atoms with van der Waals surface area (Å²) in [5.74, 6) is -0.184. The van der Waals surface area contributed by atoms with Crippen LogP contribution in [0.25, 0.3) is 16.6 Å². The molecule has 0 aliphatic carbocycles. The molecule has 0 radical (unpaired) electrons. The summed E-state index contributed by atoms with van der Waals surface area (Å²) in [6.07, 6.45) is -3.13. The van der Waals surface area contributed by atoms with Crippen LogP contribution in [-0.4, -0.2) is 25.2 Å². The van der Waals surface area contributed by atoms with Gasteiger partial charge in [0.15, 0.2) is 0 Å². The molecule has 4 aromatic rings. The van der Waals surface area contributed by atoms with Crippen LogP contribution in [0, 0.1) is 13.8 Å². The molecule has 1 N–H and O–H groups in total. The normalized spacial score (nSPS) is 11.7. The summed E-state index contributed by atoms with van der Waals surface area (Å²) in [5.41, 5.74) is 1.12. The first-order valence-corrected chi connectivity index (χ1v) is 10.1. The standard InChI is InChI=1S/C23H20F3N5O2/c1-14-5-3-8-18-21(14)27-13-30(22(18)33)10-9-20(32)28-19-11-15(2)29-31(19)17-7-4-6-16(12-17)23(24,25)26/h3-8,11-13H,9-10H2,1-2H3,(H,28,32). The number of aromatic nitrogens is 4. The molecule has 2 heterocycles. The molecular weight excluding hydrogens is 435 g/mol. The van der Waals surface area contributed by atoms with Crippen molar-refractivity contribution in [3.63, 3.8) is 0 Å². The van der Waals surface area contributed by atoms with E-state index in [2.05, 4.69) is 15.4 Å². The fraction of sp³-hybridized carbons (Fsp3) is 0.217. The Hall–Kier alpha value is -3.95. The summed E-state index contributed by atoms with van der Waals surface area (Å²) < 4.78 is 41.8. The van der Waals surface area contributed by atoms with Crippen molar-refractivity contribution >= 4 is 22.6 Å². The van der Waals surface area contributed by atoms with Crippen LogP contribution in [0.2, 0.25) is 0 Å². The minimum absolute atomic E-state index is 0.0360. The summed E-state index contributed by atoms with van der Waals surface area (Å²) in [4.78, 5) is 29.6. The average molecular weight is 455 g/mol. The third-order valence-corrected chi connectivity index (χ3v) is 5.15. The minimum Gasteiger partial charge on any atom is -0.311 e. The molecule has 33 heavy (non-hydrogen) atoms. The molecule has 0 aliphatic rings. The van der Waals surface area contributed by atoms with E-state index in [4.69, 9.17) is 0 Å². The van der Waals surface area contributed by atoms with Gasteiger partial charge < -0.3 is 5.32 Å². The molecule has 0 spiro atoms. The highest BCUT2D eigenvalue weighted by Crippen LogP contribution is 2.31. The van der Waals surface area contributed by atoms with Crippen LogP contribution in [0.4, 0.5) is 19.0 Å². The number of rotatable bonds is 5. The number of nitrogens with zero attached hydrogens (tertiary/aromatic N) is 4. The Bertz CT molecular complexity index is 1410. The van der Waals surface area contributed by atoms with Crippen LogP contribution >= 0.6 is 0 Å². The molecule has 0 saturated carbocycles. The van der Waals surface area contributed by atoms with Gasteiger partial charge in [-0.1, -0.05) is 18.2 Å². The van der Waals surface area contributed by atoms with E-state index >= 15 is 0 Å². The van der Waals surface area contributed by atoms with Crippen molar-refractivity contribution in [1.29, 1.82) is 0 Å². The number of aryl methyl sites for hydroxylation is 3. The number of alkyl halides is 3. The van der Waals surface area contributed by atoms with Gasteiger partial charge in [-0.25, -0.2) is 9.67 Å². The maximum atomic E-state index is 13.1. The summed E-state index contributed by atoms with van der Waals surface area (Å²) in [5, 5.41) is 7.34. The van der Waals surface area contributed by atoms with Crippen molar-refractivity contribution in [3.05, 3.63) is 82.0 Å². The number of benzene rings is 2. The second-order valence-electron chi connectivity index (χ2n) is 7.64. The molecule has 0 unspecified atom stereocenters. The van der Waals surface area contributed by atoms with Crippen LogP contribution in [0.15, 0.2) is 59.7 Å². The third kappa shape index (κ3) is 4.64. The quantitative estimate of drug-likeness (QED) is 0.488. The molecule has 1 amide bonds. The van der Waals surface area contributed by atoms with Crippen LogP contribution in [0.1, 0.15) is 23.2 Å². The van der Waals surface area contributed by atoms with Crippen LogP contribution in [-0.2, 0) is 17.5 Å². The second kappa shape index (κ2) is 8.53. The number of fused-ring (bicyclic) bond motifs is 1. The van der Waals surface area contributed by atoms with Crippen LogP contribution in [0.5, 0.6) is 0 Å².